The maximum atomic E-state index is 5.97. The number of pyridine rings is 1. The molecule has 1 N–H and O–H groups in total. The molecule has 0 unspecified atom stereocenters. The largest absolute Gasteiger partial charge is 0.261 e. The van der Waals surface area contributed by atoms with Gasteiger partial charge in [0.1, 0.15) is 5.82 Å². The number of benzene rings is 1. The van der Waals surface area contributed by atoms with Gasteiger partial charge in [-0.05, 0) is 63.1 Å². The van der Waals surface area contributed by atoms with Gasteiger partial charge in [-0.15, -0.1) is 11.3 Å². The smallest absolute Gasteiger partial charge is 0.147 e. The lowest BCUT2D eigenvalue weighted by atomic mass is 10.0. The van der Waals surface area contributed by atoms with Crippen molar-refractivity contribution in [3.8, 4) is 0 Å². The van der Waals surface area contributed by atoms with E-state index < -0.39 is 0 Å². The molecule has 0 atom stereocenters. The summed E-state index contributed by atoms with van der Waals surface area (Å²) >= 11 is 7.48. The van der Waals surface area contributed by atoms with Crippen LogP contribution in [-0.2, 0) is 0 Å². The highest BCUT2D eigenvalue weighted by Gasteiger charge is 2.07. The van der Waals surface area contributed by atoms with Gasteiger partial charge in [0, 0.05) is 5.39 Å². The fourth-order valence-corrected chi connectivity index (χ4v) is 3.59. The Morgan fingerprint density at radius 3 is 2.61 bits per heavy atom. The Hall–Kier alpha value is -1.91. The Morgan fingerprint density at radius 2 is 1.91 bits per heavy atom. The molecule has 2 heterocycles. The second kappa shape index (κ2) is 6.30. The number of nitrogens with zero attached hydrogens (tertiary/aromatic N) is 2. The first-order chi connectivity index (χ1) is 10.9. The molecule has 118 valence electrons. The summed E-state index contributed by atoms with van der Waals surface area (Å²) in [6, 6.07) is 10.2. The van der Waals surface area contributed by atoms with Crippen LogP contribution in [0.4, 0.5) is 5.82 Å². The van der Waals surface area contributed by atoms with Gasteiger partial charge in [-0.3, -0.25) is 5.43 Å². The minimum Gasteiger partial charge on any atom is -0.261 e. The van der Waals surface area contributed by atoms with Crippen molar-refractivity contribution in [3.63, 3.8) is 0 Å². The number of aromatic nitrogens is 1. The van der Waals surface area contributed by atoms with Crippen molar-refractivity contribution >= 4 is 45.4 Å². The van der Waals surface area contributed by atoms with E-state index in [0.717, 1.165) is 26.3 Å². The van der Waals surface area contributed by atoms with Crippen LogP contribution in [0.25, 0.3) is 10.9 Å². The second-order valence-corrected chi connectivity index (χ2v) is 7.43. The lowest BCUT2D eigenvalue weighted by Crippen LogP contribution is -2.00. The van der Waals surface area contributed by atoms with Gasteiger partial charge in [-0.1, -0.05) is 23.2 Å². The van der Waals surface area contributed by atoms with E-state index >= 15 is 0 Å². The van der Waals surface area contributed by atoms with E-state index in [-0.39, 0.29) is 0 Å². The molecule has 0 bridgehead atoms. The first-order valence-corrected chi connectivity index (χ1v) is 8.58. The zero-order chi connectivity index (χ0) is 16.6. The predicted octanol–water partition coefficient (Wildman–Crippen LogP) is 5.71. The van der Waals surface area contributed by atoms with Crippen LogP contribution in [0.2, 0.25) is 4.34 Å². The highest BCUT2D eigenvalue weighted by Crippen LogP contribution is 2.25. The van der Waals surface area contributed by atoms with Gasteiger partial charge in [0.2, 0.25) is 0 Å². The molecule has 3 rings (SSSR count). The van der Waals surface area contributed by atoms with Crippen LogP contribution in [0.5, 0.6) is 0 Å². The van der Waals surface area contributed by atoms with Crippen molar-refractivity contribution in [2.75, 3.05) is 5.43 Å². The Kier molecular flexibility index (Phi) is 4.37. The summed E-state index contributed by atoms with van der Waals surface area (Å²) < 4.78 is 0.764. The van der Waals surface area contributed by atoms with Crippen molar-refractivity contribution in [1.82, 2.24) is 4.98 Å². The molecule has 0 spiro atoms. The second-order valence-electron chi connectivity index (χ2n) is 5.72. The highest BCUT2D eigenvalue weighted by molar-refractivity contribution is 7.18. The summed E-state index contributed by atoms with van der Waals surface area (Å²) in [5, 5.41) is 5.62. The number of hydrazone groups is 1. The third kappa shape index (κ3) is 3.38. The lowest BCUT2D eigenvalue weighted by Gasteiger charge is -2.09. The van der Waals surface area contributed by atoms with Crippen molar-refractivity contribution in [1.29, 1.82) is 0 Å². The average Bonchev–Trinajstić information content (AvgIpc) is 2.92. The molecule has 0 aliphatic heterocycles. The van der Waals surface area contributed by atoms with E-state index in [1.54, 1.807) is 0 Å². The van der Waals surface area contributed by atoms with Crippen molar-refractivity contribution in [2.24, 2.45) is 5.10 Å². The lowest BCUT2D eigenvalue weighted by molar-refractivity contribution is 1.23. The summed E-state index contributed by atoms with van der Waals surface area (Å²) in [7, 11) is 0. The van der Waals surface area contributed by atoms with Crippen molar-refractivity contribution in [2.45, 2.75) is 27.7 Å². The van der Waals surface area contributed by atoms with Gasteiger partial charge in [0.25, 0.3) is 0 Å². The summed E-state index contributed by atoms with van der Waals surface area (Å²) in [5.41, 5.74) is 8.60. The van der Waals surface area contributed by atoms with Gasteiger partial charge >= 0.3 is 0 Å². The number of fused-ring (bicyclic) bond motifs is 1. The molecule has 1 aromatic carbocycles. The third-order valence-electron chi connectivity index (χ3n) is 3.72. The van der Waals surface area contributed by atoms with Crippen LogP contribution in [0.15, 0.2) is 35.4 Å². The summed E-state index contributed by atoms with van der Waals surface area (Å²) in [6.45, 7) is 8.26. The van der Waals surface area contributed by atoms with E-state index in [1.807, 2.05) is 25.1 Å². The minimum absolute atomic E-state index is 0.754. The highest BCUT2D eigenvalue weighted by atomic mass is 35.5. The van der Waals surface area contributed by atoms with Crippen LogP contribution >= 0.6 is 22.9 Å². The number of anilines is 1. The fourth-order valence-electron chi connectivity index (χ4n) is 2.61. The molecule has 0 aliphatic carbocycles. The van der Waals surface area contributed by atoms with Gasteiger partial charge < -0.3 is 0 Å². The Morgan fingerprint density at radius 1 is 1.13 bits per heavy atom. The molecule has 0 fully saturated rings. The quantitative estimate of drug-likeness (QED) is 0.488. The predicted molar refractivity (Wildman–Crippen MR) is 101 cm³/mol. The van der Waals surface area contributed by atoms with Crippen LogP contribution in [0, 0.1) is 20.8 Å². The van der Waals surface area contributed by atoms with E-state index in [4.69, 9.17) is 16.6 Å². The summed E-state index contributed by atoms with van der Waals surface area (Å²) in [4.78, 5) is 5.75. The summed E-state index contributed by atoms with van der Waals surface area (Å²) in [6.07, 6.45) is 0. The zero-order valence-electron chi connectivity index (χ0n) is 13.6. The molecule has 23 heavy (non-hydrogen) atoms. The number of hydrogen-bond donors (Lipinski definition) is 1. The third-order valence-corrected chi connectivity index (χ3v) is 5.06. The molecular formula is C18H18ClN3S. The van der Waals surface area contributed by atoms with Gasteiger partial charge in [0.15, 0.2) is 0 Å². The molecule has 0 amide bonds. The minimum atomic E-state index is 0.754. The Labute approximate surface area is 145 Å². The van der Waals surface area contributed by atoms with Crippen LogP contribution < -0.4 is 5.43 Å². The van der Waals surface area contributed by atoms with Crippen molar-refractivity contribution < 1.29 is 0 Å². The standard InChI is InChI=1S/C18H18ClN3S/c1-10-7-12(3)18-14(8-10)11(2)9-17(20-18)22-21-13(4)15-5-6-16(19)23-15/h5-9H,1-4H3,(H,20,22). The average molecular weight is 344 g/mol. The van der Waals surface area contributed by atoms with Crippen molar-refractivity contribution in [3.05, 3.63) is 56.2 Å². The summed E-state index contributed by atoms with van der Waals surface area (Å²) in [5.74, 6) is 0.754. The van der Waals surface area contributed by atoms with Gasteiger partial charge in [0.05, 0.1) is 20.4 Å². The Bertz CT molecular complexity index is 912. The van der Waals surface area contributed by atoms with E-state index in [0.29, 0.717) is 0 Å². The molecule has 3 nitrogen and oxygen atoms in total. The molecule has 3 aromatic rings. The maximum Gasteiger partial charge on any atom is 0.147 e. The zero-order valence-corrected chi connectivity index (χ0v) is 15.1. The van der Waals surface area contributed by atoms with Gasteiger partial charge in [-0.25, -0.2) is 4.98 Å². The number of rotatable bonds is 3. The monoisotopic (exact) mass is 343 g/mol. The number of thiophene rings is 1. The fraction of sp³-hybridized carbons (Fsp3) is 0.222. The Balaban J connectivity index is 1.95. The molecule has 0 saturated carbocycles. The van der Waals surface area contributed by atoms with Crippen LogP contribution in [0.1, 0.15) is 28.5 Å². The first-order valence-electron chi connectivity index (χ1n) is 7.38. The number of aryl methyl sites for hydroxylation is 3. The number of hydrogen-bond acceptors (Lipinski definition) is 4. The van der Waals surface area contributed by atoms with E-state index in [9.17, 15) is 0 Å². The number of nitrogens with one attached hydrogen (secondary N) is 1. The molecule has 0 saturated heterocycles. The molecule has 0 radical (unpaired) electrons. The first kappa shape index (κ1) is 16.0. The van der Waals surface area contributed by atoms with E-state index in [2.05, 4.69) is 43.4 Å². The van der Waals surface area contributed by atoms with Gasteiger partial charge in [-0.2, -0.15) is 5.10 Å². The molecule has 5 heteroatoms. The van der Waals surface area contributed by atoms with E-state index in [1.165, 1.54) is 33.4 Å². The number of halogens is 1. The topological polar surface area (TPSA) is 37.3 Å². The van der Waals surface area contributed by atoms with Crippen LogP contribution in [0.3, 0.4) is 0 Å². The maximum absolute atomic E-state index is 5.97. The SMILES string of the molecule is CC(=NNc1cc(C)c2cc(C)cc(C)c2n1)c1ccc(Cl)s1. The normalized spacial score (nSPS) is 12.0. The molecule has 2 aromatic heterocycles. The molecular weight excluding hydrogens is 326 g/mol. The molecule has 0 aliphatic rings. The van der Waals surface area contributed by atoms with Crippen LogP contribution in [-0.4, -0.2) is 10.7 Å².